The highest BCUT2D eigenvalue weighted by molar-refractivity contribution is 8.04. The molecule has 0 bridgehead atoms. The summed E-state index contributed by atoms with van der Waals surface area (Å²) in [5.41, 5.74) is 1.01. The van der Waals surface area contributed by atoms with E-state index in [1.165, 1.54) is 57.0 Å². The first-order valence-electron chi connectivity index (χ1n) is 12.7. The van der Waals surface area contributed by atoms with Gasteiger partial charge in [0.1, 0.15) is 10.7 Å². The summed E-state index contributed by atoms with van der Waals surface area (Å²) >= 11 is 1.49. The van der Waals surface area contributed by atoms with Crippen molar-refractivity contribution in [1.82, 2.24) is 15.1 Å². The molecule has 0 aromatic heterocycles. The number of piperidine rings is 2. The van der Waals surface area contributed by atoms with Crippen LogP contribution in [0.25, 0.3) is 0 Å². The van der Waals surface area contributed by atoms with Gasteiger partial charge in [-0.2, -0.15) is 0 Å². The molecule has 3 aliphatic rings. The number of likely N-dealkylation sites (tertiary alicyclic amines) is 2. The molecule has 34 heavy (non-hydrogen) atoms. The molecule has 3 heterocycles. The van der Waals surface area contributed by atoms with Crippen molar-refractivity contribution >= 4 is 29.3 Å². The number of para-hydroxylation sites is 1. The van der Waals surface area contributed by atoms with Crippen molar-refractivity contribution in [2.75, 3.05) is 56.9 Å². The molecule has 0 aliphatic carbocycles. The highest BCUT2D eigenvalue weighted by Crippen LogP contribution is 2.27. The largest absolute Gasteiger partial charge is 0.496 e. The molecule has 0 saturated carbocycles. The minimum Gasteiger partial charge on any atom is -0.496 e. The summed E-state index contributed by atoms with van der Waals surface area (Å²) in [6, 6.07) is 7.93. The predicted molar refractivity (Wildman–Crippen MR) is 138 cm³/mol. The molecule has 1 aromatic carbocycles. The van der Waals surface area contributed by atoms with Crippen molar-refractivity contribution in [3.8, 4) is 0 Å². The van der Waals surface area contributed by atoms with E-state index in [9.17, 15) is 9.59 Å². The summed E-state index contributed by atoms with van der Waals surface area (Å²) in [5, 5.41) is 5.93. The lowest BCUT2D eigenvalue weighted by molar-refractivity contribution is -0.112. The lowest BCUT2D eigenvalue weighted by Crippen LogP contribution is -2.47. The zero-order valence-corrected chi connectivity index (χ0v) is 21.1. The zero-order valence-electron chi connectivity index (χ0n) is 20.3. The molecule has 2 saturated heterocycles. The summed E-state index contributed by atoms with van der Waals surface area (Å²) in [6.07, 6.45) is 7.56. The van der Waals surface area contributed by atoms with Crippen LogP contribution in [0.3, 0.4) is 0 Å². The van der Waals surface area contributed by atoms with Crippen molar-refractivity contribution in [2.24, 2.45) is 0 Å². The number of benzene rings is 1. The summed E-state index contributed by atoms with van der Waals surface area (Å²) < 4.78 is 5.49. The maximum atomic E-state index is 12.8. The number of nitrogens with one attached hydrogen (secondary N) is 2. The van der Waals surface area contributed by atoms with Gasteiger partial charge in [-0.3, -0.25) is 9.59 Å². The van der Waals surface area contributed by atoms with E-state index in [0.717, 1.165) is 37.8 Å². The van der Waals surface area contributed by atoms with Crippen LogP contribution in [0, 0.1) is 0 Å². The first-order chi connectivity index (χ1) is 16.6. The number of rotatable bonds is 8. The number of thioether (sulfide) groups is 1. The summed E-state index contributed by atoms with van der Waals surface area (Å²) in [5.74, 6) is 1.00. The van der Waals surface area contributed by atoms with Crippen LogP contribution in [-0.2, 0) is 9.53 Å². The third-order valence-electron chi connectivity index (χ3n) is 7.00. The van der Waals surface area contributed by atoms with Crippen LogP contribution in [0.2, 0.25) is 0 Å². The van der Waals surface area contributed by atoms with Gasteiger partial charge < -0.3 is 25.2 Å². The van der Waals surface area contributed by atoms with Crippen molar-refractivity contribution in [3.63, 3.8) is 0 Å². The molecule has 1 aromatic rings. The fourth-order valence-electron chi connectivity index (χ4n) is 5.09. The van der Waals surface area contributed by atoms with Gasteiger partial charge in [0.2, 0.25) is 0 Å². The number of anilines is 1. The number of hydrogen-bond donors (Lipinski definition) is 2. The lowest BCUT2D eigenvalue weighted by Gasteiger charge is -2.40. The molecule has 4 rings (SSSR count). The molecule has 186 valence electrons. The summed E-state index contributed by atoms with van der Waals surface area (Å²) in [7, 11) is 0. The third-order valence-corrected chi connectivity index (χ3v) is 8.13. The molecular weight excluding hydrogens is 448 g/mol. The first-order valence-corrected chi connectivity index (χ1v) is 13.7. The van der Waals surface area contributed by atoms with Crippen LogP contribution in [0.5, 0.6) is 0 Å². The maximum absolute atomic E-state index is 12.8. The molecule has 2 fully saturated rings. The van der Waals surface area contributed by atoms with Gasteiger partial charge in [0.25, 0.3) is 11.8 Å². The molecule has 3 aliphatic heterocycles. The Kier molecular flexibility index (Phi) is 9.30. The maximum Gasteiger partial charge on any atom is 0.265 e. The third kappa shape index (κ3) is 6.77. The standard InChI is InChI=1S/C26H38N4O3S/c1-20-24(34-19-18-33-20)26(32)28-23-9-4-3-8-22(23)25(31)27-12-7-13-29-16-10-21(11-17-29)30-14-5-2-6-15-30/h3-4,8-9,21H,2,5-7,10-19H2,1H3,(H,27,31)(H,28,32). The van der Waals surface area contributed by atoms with Crippen LogP contribution in [0.1, 0.15) is 55.8 Å². The van der Waals surface area contributed by atoms with Gasteiger partial charge in [0.05, 0.1) is 17.9 Å². The molecule has 7 nitrogen and oxygen atoms in total. The Labute approximate surface area is 207 Å². The van der Waals surface area contributed by atoms with E-state index < -0.39 is 0 Å². The Bertz CT molecular complexity index is 877. The highest BCUT2D eigenvalue weighted by atomic mass is 32.2. The second-order valence-corrected chi connectivity index (χ2v) is 10.5. The van der Waals surface area contributed by atoms with Gasteiger partial charge in [0.15, 0.2) is 0 Å². The molecule has 0 radical (unpaired) electrons. The quantitative estimate of drug-likeness (QED) is 0.546. The van der Waals surface area contributed by atoms with E-state index in [4.69, 9.17) is 4.74 Å². The van der Waals surface area contributed by atoms with Crippen molar-refractivity contribution in [1.29, 1.82) is 0 Å². The molecule has 0 atom stereocenters. The van der Waals surface area contributed by atoms with Crippen LogP contribution in [0.15, 0.2) is 34.9 Å². The van der Waals surface area contributed by atoms with Crippen LogP contribution in [-0.4, -0.2) is 79.3 Å². The molecule has 2 N–H and O–H groups in total. The smallest absolute Gasteiger partial charge is 0.265 e. The number of carbonyl (C=O) groups excluding carboxylic acids is 2. The molecule has 0 unspecified atom stereocenters. The Morgan fingerprint density at radius 3 is 2.59 bits per heavy atom. The Balaban J connectivity index is 1.20. The Morgan fingerprint density at radius 1 is 1.06 bits per heavy atom. The number of hydrogen-bond acceptors (Lipinski definition) is 6. The van der Waals surface area contributed by atoms with Gasteiger partial charge in [0, 0.05) is 18.3 Å². The van der Waals surface area contributed by atoms with Gasteiger partial charge >= 0.3 is 0 Å². The average molecular weight is 487 g/mol. The van der Waals surface area contributed by atoms with E-state index >= 15 is 0 Å². The molecule has 8 heteroatoms. The van der Waals surface area contributed by atoms with E-state index in [1.54, 1.807) is 19.1 Å². The highest BCUT2D eigenvalue weighted by Gasteiger charge is 2.25. The first kappa shape index (κ1) is 25.1. The molecular formula is C26H38N4O3S. The van der Waals surface area contributed by atoms with Crippen molar-refractivity contribution < 1.29 is 14.3 Å². The molecule has 0 spiro atoms. The number of allylic oxidation sites excluding steroid dienone is 1. The predicted octanol–water partition coefficient (Wildman–Crippen LogP) is 3.69. The zero-order chi connectivity index (χ0) is 23.8. The normalized spacial score (nSPS) is 20.6. The van der Waals surface area contributed by atoms with Crippen molar-refractivity contribution in [3.05, 3.63) is 40.5 Å². The van der Waals surface area contributed by atoms with E-state index in [-0.39, 0.29) is 11.8 Å². The average Bonchev–Trinajstić information content (AvgIpc) is 2.88. The van der Waals surface area contributed by atoms with E-state index in [2.05, 4.69) is 20.4 Å². The summed E-state index contributed by atoms with van der Waals surface area (Å²) in [6.45, 7) is 8.92. The van der Waals surface area contributed by atoms with E-state index in [0.29, 0.717) is 35.1 Å². The van der Waals surface area contributed by atoms with Gasteiger partial charge in [-0.15, -0.1) is 11.8 Å². The van der Waals surface area contributed by atoms with Gasteiger partial charge in [-0.25, -0.2) is 0 Å². The lowest BCUT2D eigenvalue weighted by atomic mass is 10.00. The Hall–Kier alpha value is -2.03. The van der Waals surface area contributed by atoms with Crippen molar-refractivity contribution in [2.45, 2.75) is 51.5 Å². The monoisotopic (exact) mass is 486 g/mol. The molecule has 2 amide bonds. The SMILES string of the molecule is CC1=C(C(=O)Nc2ccccc2C(=O)NCCCN2CCC(N3CCCCC3)CC2)SCCO1. The minimum absolute atomic E-state index is 0.155. The second kappa shape index (κ2) is 12.6. The fourth-order valence-corrected chi connectivity index (χ4v) is 5.91. The number of carbonyl (C=O) groups is 2. The van der Waals surface area contributed by atoms with Crippen LogP contribution in [0.4, 0.5) is 5.69 Å². The van der Waals surface area contributed by atoms with Crippen LogP contribution >= 0.6 is 11.8 Å². The van der Waals surface area contributed by atoms with E-state index in [1.807, 2.05) is 12.1 Å². The van der Waals surface area contributed by atoms with Gasteiger partial charge in [-0.1, -0.05) is 18.6 Å². The Morgan fingerprint density at radius 2 is 1.82 bits per heavy atom. The van der Waals surface area contributed by atoms with Gasteiger partial charge in [-0.05, 0) is 83.9 Å². The number of amides is 2. The fraction of sp³-hybridized carbons (Fsp3) is 0.615. The van der Waals surface area contributed by atoms with Crippen LogP contribution < -0.4 is 10.6 Å². The summed E-state index contributed by atoms with van der Waals surface area (Å²) in [4.78, 5) is 31.3. The topological polar surface area (TPSA) is 73.9 Å². The number of ether oxygens (including phenoxy) is 1. The number of nitrogens with zero attached hydrogens (tertiary/aromatic N) is 2. The minimum atomic E-state index is -0.226. The second-order valence-electron chi connectivity index (χ2n) is 9.36.